The van der Waals surface area contributed by atoms with Gasteiger partial charge in [0, 0.05) is 20.1 Å². The van der Waals surface area contributed by atoms with Crippen molar-refractivity contribution in [2.24, 2.45) is 0 Å². The van der Waals surface area contributed by atoms with Crippen molar-refractivity contribution < 1.29 is 19.8 Å². The van der Waals surface area contributed by atoms with Crippen LogP contribution in [0.2, 0.25) is 10.0 Å². The Hall–Kier alpha value is -2.38. The molecule has 1 atom stereocenters. The lowest BCUT2D eigenvalue weighted by molar-refractivity contribution is -0.136. The highest BCUT2D eigenvalue weighted by atomic mass is 79.9. The largest absolute Gasteiger partial charge is 0.507 e. The first-order valence-corrected chi connectivity index (χ1v) is 10.8. The zero-order valence-electron chi connectivity index (χ0n) is 16.0. The van der Waals surface area contributed by atoms with E-state index in [1.807, 2.05) is 0 Å². The van der Waals surface area contributed by atoms with Crippen LogP contribution in [0.1, 0.15) is 27.9 Å². The quantitative estimate of drug-likeness (QED) is 0.437. The smallest absolute Gasteiger partial charge is 0.264 e. The van der Waals surface area contributed by atoms with E-state index < -0.39 is 23.7 Å². The predicted octanol–water partition coefficient (Wildman–Crippen LogP) is 5.47. The lowest BCUT2D eigenvalue weighted by Gasteiger charge is -2.23. The van der Waals surface area contributed by atoms with Crippen molar-refractivity contribution in [3.63, 3.8) is 0 Å². The van der Waals surface area contributed by atoms with Crippen molar-refractivity contribution >= 4 is 56.5 Å². The number of hydrogen-bond donors (Lipinski definition) is 2. The van der Waals surface area contributed by atoms with Crippen LogP contribution >= 0.6 is 39.1 Å². The number of fused-ring (bicyclic) bond motifs is 1. The van der Waals surface area contributed by atoms with Gasteiger partial charge in [-0.1, -0.05) is 57.3 Å². The molecule has 0 radical (unpaired) electrons. The first kappa shape index (κ1) is 21.8. The summed E-state index contributed by atoms with van der Waals surface area (Å²) < 4.78 is 0.652. The summed E-state index contributed by atoms with van der Waals surface area (Å²) >= 11 is 15.6. The number of rotatable bonds is 5. The molecule has 1 heterocycles. The maximum atomic E-state index is 13.4. The van der Waals surface area contributed by atoms with Crippen molar-refractivity contribution in [1.82, 2.24) is 0 Å². The minimum absolute atomic E-state index is 0.0412. The van der Waals surface area contributed by atoms with Crippen LogP contribution in [0.25, 0.3) is 0 Å². The van der Waals surface area contributed by atoms with Gasteiger partial charge in [-0.05, 0) is 48.0 Å². The minimum Gasteiger partial charge on any atom is -0.507 e. The maximum absolute atomic E-state index is 13.4. The average Bonchev–Trinajstić information content (AvgIpc) is 2.91. The number of halogens is 3. The highest BCUT2D eigenvalue weighted by Crippen LogP contribution is 2.45. The van der Waals surface area contributed by atoms with Crippen LogP contribution in [0, 0.1) is 0 Å². The Morgan fingerprint density at radius 3 is 2.52 bits per heavy atom. The molecule has 0 spiro atoms. The van der Waals surface area contributed by atoms with Gasteiger partial charge in [-0.15, -0.1) is 0 Å². The third kappa shape index (κ3) is 3.96. The summed E-state index contributed by atoms with van der Waals surface area (Å²) in [5, 5.41) is 22.3. The van der Waals surface area contributed by atoms with Gasteiger partial charge in [0.15, 0.2) is 11.4 Å². The fourth-order valence-electron chi connectivity index (χ4n) is 3.71. The standard InChI is InChI=1S/C23H16BrCl2NO4/c24-14-6-8-19-17(9-14)23(31,11-21(29)16-3-1-2-4-20(16)28)22(30)27(19)12-13-5-7-15(25)10-18(13)26/h1-10,28,31H,11-12H2. The Bertz CT molecular complexity index is 1220. The van der Waals surface area contributed by atoms with Gasteiger partial charge in [0.1, 0.15) is 5.75 Å². The Labute approximate surface area is 197 Å². The van der Waals surface area contributed by atoms with Crippen LogP contribution < -0.4 is 4.90 Å². The van der Waals surface area contributed by atoms with Crippen molar-refractivity contribution in [3.05, 3.63) is 91.9 Å². The molecule has 31 heavy (non-hydrogen) atoms. The summed E-state index contributed by atoms with van der Waals surface area (Å²) in [6, 6.07) is 16.0. The summed E-state index contributed by atoms with van der Waals surface area (Å²) in [7, 11) is 0. The number of ketones is 1. The number of benzene rings is 3. The van der Waals surface area contributed by atoms with E-state index in [0.29, 0.717) is 31.3 Å². The summed E-state index contributed by atoms with van der Waals surface area (Å²) in [6.45, 7) is 0.0938. The van der Waals surface area contributed by atoms with E-state index in [2.05, 4.69) is 15.9 Å². The van der Waals surface area contributed by atoms with Gasteiger partial charge in [-0.2, -0.15) is 0 Å². The lowest BCUT2D eigenvalue weighted by Crippen LogP contribution is -2.41. The zero-order chi connectivity index (χ0) is 22.3. The number of Topliss-reactive ketones (excluding diaryl/α,β-unsaturated/α-hetero) is 1. The molecule has 0 saturated carbocycles. The molecule has 1 aliphatic heterocycles. The van der Waals surface area contributed by atoms with Gasteiger partial charge in [0.25, 0.3) is 5.91 Å². The molecule has 1 aliphatic rings. The number of amides is 1. The van der Waals surface area contributed by atoms with E-state index in [1.54, 1.807) is 48.5 Å². The predicted molar refractivity (Wildman–Crippen MR) is 123 cm³/mol. The van der Waals surface area contributed by atoms with Crippen molar-refractivity contribution in [1.29, 1.82) is 0 Å². The molecule has 1 amide bonds. The van der Waals surface area contributed by atoms with Crippen molar-refractivity contribution in [2.45, 2.75) is 18.6 Å². The summed E-state index contributed by atoms with van der Waals surface area (Å²) in [5.74, 6) is -1.40. The Balaban J connectivity index is 1.74. The van der Waals surface area contributed by atoms with Crippen LogP contribution in [-0.4, -0.2) is 21.9 Å². The number of aliphatic hydroxyl groups is 1. The molecule has 158 valence electrons. The average molecular weight is 521 g/mol. The molecule has 0 aromatic heterocycles. The first-order valence-electron chi connectivity index (χ1n) is 9.30. The fourth-order valence-corrected chi connectivity index (χ4v) is 4.54. The summed E-state index contributed by atoms with van der Waals surface area (Å²) in [5.41, 5.74) is -0.617. The van der Waals surface area contributed by atoms with Crippen LogP contribution in [0.3, 0.4) is 0 Å². The summed E-state index contributed by atoms with van der Waals surface area (Å²) in [6.07, 6.45) is -0.516. The highest BCUT2D eigenvalue weighted by Gasteiger charge is 2.51. The number of carbonyl (C=O) groups excluding carboxylic acids is 2. The molecule has 0 saturated heterocycles. The van der Waals surface area contributed by atoms with E-state index in [0.717, 1.165) is 0 Å². The van der Waals surface area contributed by atoms with Crippen LogP contribution in [0.5, 0.6) is 5.75 Å². The van der Waals surface area contributed by atoms with E-state index in [-0.39, 0.29) is 17.9 Å². The third-order valence-electron chi connectivity index (χ3n) is 5.26. The second kappa shape index (κ2) is 8.28. The number of aromatic hydroxyl groups is 1. The highest BCUT2D eigenvalue weighted by molar-refractivity contribution is 9.10. The van der Waals surface area contributed by atoms with Gasteiger partial charge < -0.3 is 15.1 Å². The number of nitrogens with zero attached hydrogens (tertiary/aromatic N) is 1. The Kier molecular flexibility index (Phi) is 5.83. The van der Waals surface area contributed by atoms with Crippen LogP contribution in [0.15, 0.2) is 65.1 Å². The number of para-hydroxylation sites is 1. The number of phenolic OH excluding ortho intramolecular Hbond substituents is 1. The fraction of sp³-hybridized carbons (Fsp3) is 0.130. The maximum Gasteiger partial charge on any atom is 0.264 e. The minimum atomic E-state index is -2.09. The van der Waals surface area contributed by atoms with Crippen molar-refractivity contribution in [2.75, 3.05) is 4.90 Å². The molecule has 0 fully saturated rings. The van der Waals surface area contributed by atoms with Gasteiger partial charge in [0.2, 0.25) is 0 Å². The Morgan fingerprint density at radius 2 is 1.81 bits per heavy atom. The number of anilines is 1. The van der Waals surface area contributed by atoms with Crippen molar-refractivity contribution in [3.8, 4) is 5.75 Å². The van der Waals surface area contributed by atoms with E-state index in [9.17, 15) is 19.8 Å². The van der Waals surface area contributed by atoms with E-state index in [4.69, 9.17) is 23.2 Å². The van der Waals surface area contributed by atoms with E-state index >= 15 is 0 Å². The number of carbonyl (C=O) groups is 2. The van der Waals surface area contributed by atoms with Gasteiger partial charge in [-0.3, -0.25) is 9.59 Å². The van der Waals surface area contributed by atoms with Gasteiger partial charge in [-0.25, -0.2) is 0 Å². The van der Waals surface area contributed by atoms with Crippen LogP contribution in [0.4, 0.5) is 5.69 Å². The second-order valence-electron chi connectivity index (χ2n) is 7.27. The molecule has 1 unspecified atom stereocenters. The van der Waals surface area contributed by atoms with Gasteiger partial charge >= 0.3 is 0 Å². The molecule has 5 nitrogen and oxygen atoms in total. The lowest BCUT2D eigenvalue weighted by atomic mass is 9.88. The normalized spacial score (nSPS) is 17.7. The van der Waals surface area contributed by atoms with Crippen LogP contribution in [-0.2, 0) is 16.9 Å². The number of phenols is 1. The third-order valence-corrected chi connectivity index (χ3v) is 6.34. The molecular weight excluding hydrogens is 505 g/mol. The molecule has 8 heteroatoms. The molecular formula is C23H16BrCl2NO4. The monoisotopic (exact) mass is 519 g/mol. The summed E-state index contributed by atoms with van der Waals surface area (Å²) in [4.78, 5) is 27.7. The molecule has 2 N–H and O–H groups in total. The first-order chi connectivity index (χ1) is 14.7. The molecule has 3 aromatic rings. The SMILES string of the molecule is O=C(CC1(O)C(=O)N(Cc2ccc(Cl)cc2Cl)c2ccc(Br)cc21)c1ccccc1O. The molecule has 3 aromatic carbocycles. The molecule has 0 bridgehead atoms. The topological polar surface area (TPSA) is 77.8 Å². The Morgan fingerprint density at radius 1 is 1.06 bits per heavy atom. The molecule has 4 rings (SSSR count). The second-order valence-corrected chi connectivity index (χ2v) is 9.03. The molecule has 0 aliphatic carbocycles. The van der Waals surface area contributed by atoms with Gasteiger partial charge in [0.05, 0.1) is 24.2 Å². The zero-order valence-corrected chi connectivity index (χ0v) is 19.1. The number of hydrogen-bond acceptors (Lipinski definition) is 4. The van der Waals surface area contributed by atoms with E-state index in [1.165, 1.54) is 17.0 Å².